The molecule has 6 heteroatoms. The molecule has 2 aliphatic rings. The molecule has 5 heterocycles. The maximum atomic E-state index is 12.3. The summed E-state index contributed by atoms with van der Waals surface area (Å²) in [5.41, 5.74) is 3.18. The third-order valence-corrected chi connectivity index (χ3v) is 6.38. The number of aromatic nitrogens is 3. The second-order valence-corrected chi connectivity index (χ2v) is 8.05. The predicted molar refractivity (Wildman–Crippen MR) is 119 cm³/mol. The monoisotopic (exact) mass is 393 g/mol. The van der Waals surface area contributed by atoms with Crippen LogP contribution in [-0.2, 0) is 7.05 Å². The number of aromatic amines is 1. The molecule has 2 fully saturated rings. The number of anilines is 1. The van der Waals surface area contributed by atoms with Crippen LogP contribution >= 0.6 is 0 Å². The van der Waals surface area contributed by atoms with Crippen molar-refractivity contribution in [2.24, 2.45) is 12.5 Å². The molecule has 29 heavy (non-hydrogen) atoms. The Morgan fingerprint density at radius 2 is 1.90 bits per heavy atom. The lowest BCUT2D eigenvalue weighted by molar-refractivity contribution is 0.232. The van der Waals surface area contributed by atoms with Crippen LogP contribution < -0.4 is 15.8 Å². The first-order valence-corrected chi connectivity index (χ1v) is 10.7. The summed E-state index contributed by atoms with van der Waals surface area (Å²) in [6.07, 6.45) is 9.46. The Balaban J connectivity index is 0.000000994. The van der Waals surface area contributed by atoms with Gasteiger partial charge in [0.25, 0.3) is 5.56 Å². The molecule has 5 rings (SSSR count). The minimum atomic E-state index is -0.00679. The van der Waals surface area contributed by atoms with Crippen molar-refractivity contribution in [1.29, 1.82) is 0 Å². The number of nitrogens with one attached hydrogen (secondary N) is 2. The Kier molecular flexibility index (Phi) is 5.46. The van der Waals surface area contributed by atoms with Crippen LogP contribution in [0.3, 0.4) is 0 Å². The highest BCUT2D eigenvalue weighted by Crippen LogP contribution is 2.40. The number of piperidine rings is 1. The number of H-pyrrole nitrogens is 1. The third-order valence-electron chi connectivity index (χ3n) is 6.38. The maximum absolute atomic E-state index is 12.3. The number of rotatable bonds is 2. The summed E-state index contributed by atoms with van der Waals surface area (Å²) in [6, 6.07) is 6.21. The number of fused-ring (bicyclic) bond motifs is 1. The minimum Gasteiger partial charge on any atom is -0.357 e. The fraction of sp³-hybridized carbons (Fsp3) is 0.478. The highest BCUT2D eigenvalue weighted by atomic mass is 16.1. The molecule has 154 valence electrons. The zero-order valence-electron chi connectivity index (χ0n) is 17.7. The minimum absolute atomic E-state index is 0.00679. The van der Waals surface area contributed by atoms with E-state index in [-0.39, 0.29) is 5.56 Å². The molecule has 2 saturated heterocycles. The summed E-state index contributed by atoms with van der Waals surface area (Å²) in [6.45, 7) is 8.48. The molecule has 0 aliphatic carbocycles. The quantitative estimate of drug-likeness (QED) is 0.699. The van der Waals surface area contributed by atoms with E-state index in [9.17, 15) is 4.79 Å². The number of aryl methyl sites for hydroxylation is 1. The SMILES string of the molecule is CC.Cn1cc(-c2ccc(N3CCC4(CCNCC4)C3)nc2)c2cc[nH]c2c1=O. The molecule has 0 aromatic carbocycles. The molecular weight excluding hydrogens is 362 g/mol. The summed E-state index contributed by atoms with van der Waals surface area (Å²) in [5, 5.41) is 4.42. The highest BCUT2D eigenvalue weighted by molar-refractivity contribution is 5.94. The van der Waals surface area contributed by atoms with Gasteiger partial charge in [0.15, 0.2) is 0 Å². The van der Waals surface area contributed by atoms with Crippen LogP contribution in [0.1, 0.15) is 33.1 Å². The Morgan fingerprint density at radius 1 is 1.10 bits per heavy atom. The van der Waals surface area contributed by atoms with Crippen molar-refractivity contribution in [2.45, 2.75) is 33.1 Å². The Morgan fingerprint density at radius 3 is 2.62 bits per heavy atom. The molecule has 0 bridgehead atoms. The van der Waals surface area contributed by atoms with Gasteiger partial charge in [-0.15, -0.1) is 0 Å². The lowest BCUT2D eigenvalue weighted by Crippen LogP contribution is -2.38. The van der Waals surface area contributed by atoms with E-state index in [0.29, 0.717) is 10.9 Å². The maximum Gasteiger partial charge on any atom is 0.274 e. The van der Waals surface area contributed by atoms with Gasteiger partial charge in [-0.3, -0.25) is 4.79 Å². The molecule has 0 unspecified atom stereocenters. The number of nitrogens with zero attached hydrogens (tertiary/aromatic N) is 3. The van der Waals surface area contributed by atoms with Crippen LogP contribution in [0.2, 0.25) is 0 Å². The molecular formula is C23H31N5O. The summed E-state index contributed by atoms with van der Waals surface area (Å²) in [4.78, 5) is 22.5. The molecule has 6 nitrogen and oxygen atoms in total. The van der Waals surface area contributed by atoms with Gasteiger partial charge in [-0.2, -0.15) is 0 Å². The first-order valence-electron chi connectivity index (χ1n) is 10.7. The molecule has 0 amide bonds. The summed E-state index contributed by atoms with van der Waals surface area (Å²) < 4.78 is 1.63. The van der Waals surface area contributed by atoms with E-state index in [1.165, 1.54) is 19.3 Å². The van der Waals surface area contributed by atoms with E-state index in [1.54, 1.807) is 11.6 Å². The first-order chi connectivity index (χ1) is 14.2. The smallest absolute Gasteiger partial charge is 0.274 e. The molecule has 0 radical (unpaired) electrons. The molecule has 2 N–H and O–H groups in total. The lowest BCUT2D eigenvalue weighted by Gasteiger charge is -2.33. The van der Waals surface area contributed by atoms with Crippen LogP contribution in [0.4, 0.5) is 5.82 Å². The van der Waals surface area contributed by atoms with Crippen LogP contribution in [0.15, 0.2) is 41.6 Å². The van der Waals surface area contributed by atoms with Gasteiger partial charge in [0.1, 0.15) is 11.3 Å². The average molecular weight is 394 g/mol. The topological polar surface area (TPSA) is 66.0 Å². The van der Waals surface area contributed by atoms with Crippen molar-refractivity contribution in [1.82, 2.24) is 19.9 Å². The fourth-order valence-electron chi connectivity index (χ4n) is 4.73. The van der Waals surface area contributed by atoms with E-state index >= 15 is 0 Å². The second kappa shape index (κ2) is 8.03. The van der Waals surface area contributed by atoms with Crippen molar-refractivity contribution in [3.63, 3.8) is 0 Å². The summed E-state index contributed by atoms with van der Waals surface area (Å²) >= 11 is 0. The third kappa shape index (κ3) is 3.57. The zero-order chi connectivity index (χ0) is 20.4. The van der Waals surface area contributed by atoms with Gasteiger partial charge < -0.3 is 19.8 Å². The van der Waals surface area contributed by atoms with Gasteiger partial charge in [-0.1, -0.05) is 13.8 Å². The van der Waals surface area contributed by atoms with Crippen molar-refractivity contribution < 1.29 is 0 Å². The van der Waals surface area contributed by atoms with E-state index in [1.807, 2.05) is 38.5 Å². The Labute approximate surface area is 172 Å². The van der Waals surface area contributed by atoms with E-state index in [0.717, 1.165) is 48.5 Å². The van der Waals surface area contributed by atoms with Crippen LogP contribution in [0.25, 0.3) is 22.0 Å². The molecule has 0 atom stereocenters. The Bertz CT molecular complexity index is 1030. The number of hydrogen-bond acceptors (Lipinski definition) is 4. The molecule has 0 saturated carbocycles. The van der Waals surface area contributed by atoms with Crippen LogP contribution in [0, 0.1) is 5.41 Å². The average Bonchev–Trinajstić information content (AvgIpc) is 3.41. The summed E-state index contributed by atoms with van der Waals surface area (Å²) in [7, 11) is 1.79. The number of pyridine rings is 2. The van der Waals surface area contributed by atoms with Gasteiger partial charge in [0.2, 0.25) is 0 Å². The van der Waals surface area contributed by atoms with Gasteiger partial charge >= 0.3 is 0 Å². The van der Waals surface area contributed by atoms with Crippen molar-refractivity contribution in [3.05, 3.63) is 47.1 Å². The van der Waals surface area contributed by atoms with Crippen molar-refractivity contribution in [3.8, 4) is 11.1 Å². The normalized spacial score (nSPS) is 18.1. The van der Waals surface area contributed by atoms with Gasteiger partial charge in [-0.25, -0.2) is 4.98 Å². The fourth-order valence-corrected chi connectivity index (χ4v) is 4.73. The van der Waals surface area contributed by atoms with Gasteiger partial charge in [-0.05, 0) is 56.0 Å². The van der Waals surface area contributed by atoms with E-state index in [2.05, 4.69) is 27.3 Å². The summed E-state index contributed by atoms with van der Waals surface area (Å²) in [5.74, 6) is 1.06. The molecule has 3 aromatic heterocycles. The Hall–Kier alpha value is -2.60. The second-order valence-electron chi connectivity index (χ2n) is 8.05. The number of hydrogen-bond donors (Lipinski definition) is 2. The standard InChI is InChI=1S/C21H25N5O.C2H6/c1-25-13-17(16-4-8-23-19(16)20(25)27)15-2-3-18(24-12-15)26-11-7-21(14-26)5-9-22-10-6-21;1-2/h2-4,8,12-13,22-23H,5-7,9-11,14H2,1H3;1-2H3. The van der Waals surface area contributed by atoms with Gasteiger partial charge in [0.05, 0.1) is 0 Å². The van der Waals surface area contributed by atoms with Crippen molar-refractivity contribution in [2.75, 3.05) is 31.1 Å². The zero-order valence-corrected chi connectivity index (χ0v) is 17.7. The molecule has 1 spiro atoms. The van der Waals surface area contributed by atoms with Crippen LogP contribution in [-0.4, -0.2) is 40.7 Å². The largest absolute Gasteiger partial charge is 0.357 e. The van der Waals surface area contributed by atoms with Gasteiger partial charge in [0, 0.05) is 55.2 Å². The molecule has 2 aliphatic heterocycles. The highest BCUT2D eigenvalue weighted by Gasteiger charge is 2.39. The van der Waals surface area contributed by atoms with E-state index in [4.69, 9.17) is 4.98 Å². The first kappa shape index (κ1) is 19.7. The lowest BCUT2D eigenvalue weighted by atomic mass is 9.78. The van der Waals surface area contributed by atoms with E-state index < -0.39 is 0 Å². The predicted octanol–water partition coefficient (Wildman–Crippen LogP) is 3.53. The van der Waals surface area contributed by atoms with Crippen LogP contribution in [0.5, 0.6) is 0 Å². The van der Waals surface area contributed by atoms with Crippen molar-refractivity contribution >= 4 is 16.7 Å². The molecule has 3 aromatic rings.